The number of ether oxygens (including phenoxy) is 1. The van der Waals surface area contributed by atoms with Gasteiger partial charge < -0.3 is 10.1 Å². The molecule has 0 bridgehead atoms. The van der Waals surface area contributed by atoms with E-state index in [1.807, 2.05) is 7.05 Å². The van der Waals surface area contributed by atoms with Crippen molar-refractivity contribution in [2.45, 2.75) is 13.3 Å². The summed E-state index contributed by atoms with van der Waals surface area (Å²) in [7, 11) is 3.46. The summed E-state index contributed by atoms with van der Waals surface area (Å²) in [5.41, 5.74) is 1.51. The topological polar surface area (TPSA) is 64.9 Å². The molecule has 0 aromatic carbocycles. The van der Waals surface area contributed by atoms with E-state index in [-0.39, 0.29) is 0 Å². The molecule has 6 nitrogen and oxygen atoms in total. The van der Waals surface area contributed by atoms with Crippen LogP contribution in [0.5, 0.6) is 6.01 Å². The molecule has 0 aliphatic heterocycles. The maximum Gasteiger partial charge on any atom is 0.298 e. The summed E-state index contributed by atoms with van der Waals surface area (Å²) < 4.78 is 6.95. The van der Waals surface area contributed by atoms with Gasteiger partial charge in [-0.1, -0.05) is 6.92 Å². The van der Waals surface area contributed by atoms with Gasteiger partial charge in [-0.05, 0) is 6.42 Å². The quantitative estimate of drug-likeness (QED) is 0.840. The monoisotopic (exact) mass is 221 g/mol. The maximum atomic E-state index is 5.15. The Balaban J connectivity index is 2.50. The fourth-order valence-electron chi connectivity index (χ4n) is 1.53. The second kappa shape index (κ2) is 4.34. The average Bonchev–Trinajstić information content (AvgIpc) is 2.64. The van der Waals surface area contributed by atoms with Gasteiger partial charge in [0.25, 0.3) is 6.01 Å². The lowest BCUT2D eigenvalue weighted by molar-refractivity contribution is 0.368. The van der Waals surface area contributed by atoms with Crippen molar-refractivity contribution < 1.29 is 4.74 Å². The van der Waals surface area contributed by atoms with E-state index in [0.29, 0.717) is 6.01 Å². The van der Waals surface area contributed by atoms with Crippen LogP contribution in [0.1, 0.15) is 13.3 Å². The summed E-state index contributed by atoms with van der Waals surface area (Å²) >= 11 is 0. The number of hydrogen-bond acceptors (Lipinski definition) is 5. The fourth-order valence-corrected chi connectivity index (χ4v) is 1.53. The first-order valence-corrected chi connectivity index (χ1v) is 5.23. The standard InChI is InChI=1S/C10H15N5O/c1-4-5-11-8-7-9(13-6-12-8)15(2)10(14-7)16-3/h6H,4-5H2,1-3H3,(H,11,12,13). The van der Waals surface area contributed by atoms with E-state index in [4.69, 9.17) is 4.74 Å². The van der Waals surface area contributed by atoms with Crippen molar-refractivity contribution in [2.75, 3.05) is 19.0 Å². The van der Waals surface area contributed by atoms with Crippen molar-refractivity contribution in [2.24, 2.45) is 7.05 Å². The first-order valence-electron chi connectivity index (χ1n) is 5.23. The van der Waals surface area contributed by atoms with Gasteiger partial charge in [0.1, 0.15) is 6.33 Å². The number of rotatable bonds is 4. The molecule has 1 N–H and O–H groups in total. The van der Waals surface area contributed by atoms with Gasteiger partial charge in [-0.2, -0.15) is 4.98 Å². The number of aromatic nitrogens is 4. The molecular weight excluding hydrogens is 206 g/mol. The third kappa shape index (κ3) is 1.66. The van der Waals surface area contributed by atoms with E-state index in [1.165, 1.54) is 6.33 Å². The SMILES string of the molecule is CCCNc1ncnc2c1nc(OC)n2C. The Kier molecular flexibility index (Phi) is 2.89. The van der Waals surface area contributed by atoms with E-state index in [9.17, 15) is 0 Å². The summed E-state index contributed by atoms with van der Waals surface area (Å²) in [5, 5.41) is 3.22. The Morgan fingerprint density at radius 1 is 1.44 bits per heavy atom. The third-order valence-electron chi connectivity index (χ3n) is 2.34. The Bertz CT molecular complexity index is 493. The second-order valence-corrected chi connectivity index (χ2v) is 3.48. The molecule has 0 unspecified atom stereocenters. The van der Waals surface area contributed by atoms with Crippen LogP contribution in [0.25, 0.3) is 11.2 Å². The smallest absolute Gasteiger partial charge is 0.298 e. The molecule has 2 heterocycles. The minimum absolute atomic E-state index is 0.537. The van der Waals surface area contributed by atoms with Crippen LogP contribution in [0.4, 0.5) is 5.82 Å². The molecule has 2 aromatic heterocycles. The molecule has 0 aliphatic rings. The van der Waals surface area contributed by atoms with Gasteiger partial charge in [0.15, 0.2) is 17.0 Å². The Hall–Kier alpha value is -1.85. The zero-order valence-corrected chi connectivity index (χ0v) is 9.69. The highest BCUT2D eigenvalue weighted by molar-refractivity contribution is 5.83. The first kappa shape index (κ1) is 10.7. The predicted octanol–water partition coefficient (Wildman–Crippen LogP) is 1.19. The van der Waals surface area contributed by atoms with Gasteiger partial charge in [0.2, 0.25) is 0 Å². The highest BCUT2D eigenvalue weighted by Crippen LogP contribution is 2.22. The molecule has 0 saturated carbocycles. The van der Waals surface area contributed by atoms with Crippen LogP contribution in [-0.2, 0) is 7.05 Å². The normalized spacial score (nSPS) is 10.7. The molecule has 0 spiro atoms. The number of imidazole rings is 1. The van der Waals surface area contributed by atoms with Crippen molar-refractivity contribution in [1.29, 1.82) is 0 Å². The first-order chi connectivity index (χ1) is 7.77. The van der Waals surface area contributed by atoms with Crippen LogP contribution in [0.15, 0.2) is 6.33 Å². The molecule has 0 aliphatic carbocycles. The Morgan fingerprint density at radius 3 is 2.94 bits per heavy atom. The van der Waals surface area contributed by atoms with Gasteiger partial charge in [-0.25, -0.2) is 9.97 Å². The molecule has 0 fully saturated rings. The van der Waals surface area contributed by atoms with Gasteiger partial charge in [-0.3, -0.25) is 4.57 Å². The lowest BCUT2D eigenvalue weighted by atomic mass is 10.4. The number of aryl methyl sites for hydroxylation is 1. The minimum Gasteiger partial charge on any atom is -0.468 e. The van der Waals surface area contributed by atoms with Gasteiger partial charge in [0, 0.05) is 13.6 Å². The van der Waals surface area contributed by atoms with E-state index >= 15 is 0 Å². The zero-order valence-electron chi connectivity index (χ0n) is 9.69. The van der Waals surface area contributed by atoms with Crippen LogP contribution in [0.3, 0.4) is 0 Å². The van der Waals surface area contributed by atoms with Crippen molar-refractivity contribution in [1.82, 2.24) is 19.5 Å². The summed E-state index contributed by atoms with van der Waals surface area (Å²) in [6.07, 6.45) is 2.57. The predicted molar refractivity (Wildman–Crippen MR) is 61.6 cm³/mol. The molecule has 6 heteroatoms. The number of hydrogen-bond donors (Lipinski definition) is 1. The van der Waals surface area contributed by atoms with Crippen LogP contribution in [-0.4, -0.2) is 33.2 Å². The lowest BCUT2D eigenvalue weighted by Crippen LogP contribution is -2.03. The van der Waals surface area contributed by atoms with E-state index in [0.717, 1.165) is 29.9 Å². The second-order valence-electron chi connectivity index (χ2n) is 3.48. The van der Waals surface area contributed by atoms with E-state index in [2.05, 4.69) is 27.2 Å². The minimum atomic E-state index is 0.537. The number of fused-ring (bicyclic) bond motifs is 1. The van der Waals surface area contributed by atoms with Crippen molar-refractivity contribution >= 4 is 17.0 Å². The van der Waals surface area contributed by atoms with Crippen molar-refractivity contribution in [3.05, 3.63) is 6.33 Å². The van der Waals surface area contributed by atoms with Gasteiger partial charge in [0.05, 0.1) is 7.11 Å². The summed E-state index contributed by atoms with van der Waals surface area (Å²) in [6.45, 7) is 2.97. The Morgan fingerprint density at radius 2 is 2.25 bits per heavy atom. The molecule has 0 amide bonds. The van der Waals surface area contributed by atoms with Gasteiger partial charge in [-0.15, -0.1) is 0 Å². The summed E-state index contributed by atoms with van der Waals surface area (Å²) in [5.74, 6) is 0.755. The van der Waals surface area contributed by atoms with Crippen LogP contribution in [0, 0.1) is 0 Å². The molecule has 2 aromatic rings. The summed E-state index contributed by atoms with van der Waals surface area (Å²) in [4.78, 5) is 12.7. The molecule has 86 valence electrons. The summed E-state index contributed by atoms with van der Waals surface area (Å²) in [6, 6.07) is 0.537. The molecule has 2 rings (SSSR count). The van der Waals surface area contributed by atoms with Gasteiger partial charge >= 0.3 is 0 Å². The van der Waals surface area contributed by atoms with Crippen molar-refractivity contribution in [3.8, 4) is 6.01 Å². The van der Waals surface area contributed by atoms with Crippen LogP contribution in [0.2, 0.25) is 0 Å². The number of anilines is 1. The number of nitrogens with zero attached hydrogens (tertiary/aromatic N) is 4. The highest BCUT2D eigenvalue weighted by atomic mass is 16.5. The molecule has 0 saturated heterocycles. The van der Waals surface area contributed by atoms with Crippen LogP contribution >= 0.6 is 0 Å². The average molecular weight is 221 g/mol. The number of methoxy groups -OCH3 is 1. The molecule has 16 heavy (non-hydrogen) atoms. The molecular formula is C10H15N5O. The molecule has 0 atom stereocenters. The van der Waals surface area contributed by atoms with E-state index in [1.54, 1.807) is 11.7 Å². The maximum absolute atomic E-state index is 5.15. The fraction of sp³-hybridized carbons (Fsp3) is 0.500. The zero-order chi connectivity index (χ0) is 11.5. The van der Waals surface area contributed by atoms with Crippen LogP contribution < -0.4 is 10.1 Å². The molecule has 0 radical (unpaired) electrons. The van der Waals surface area contributed by atoms with Crippen molar-refractivity contribution in [3.63, 3.8) is 0 Å². The third-order valence-corrected chi connectivity index (χ3v) is 2.34. The Labute approximate surface area is 93.7 Å². The largest absolute Gasteiger partial charge is 0.468 e. The lowest BCUT2D eigenvalue weighted by Gasteiger charge is -2.02. The highest BCUT2D eigenvalue weighted by Gasteiger charge is 2.12. The number of nitrogens with one attached hydrogen (secondary N) is 1. The van der Waals surface area contributed by atoms with E-state index < -0.39 is 0 Å².